The van der Waals surface area contributed by atoms with Crippen molar-refractivity contribution in [3.05, 3.63) is 32.7 Å². The maximum Gasteiger partial charge on any atom is 0.266 e. The van der Waals surface area contributed by atoms with Crippen molar-refractivity contribution in [1.82, 2.24) is 10.3 Å². The molecule has 0 aliphatic heterocycles. The van der Waals surface area contributed by atoms with E-state index >= 15 is 0 Å². The third kappa shape index (κ3) is 5.03. The lowest BCUT2D eigenvalue weighted by Gasteiger charge is -2.11. The van der Waals surface area contributed by atoms with Crippen molar-refractivity contribution in [2.45, 2.75) is 59.3 Å². The summed E-state index contributed by atoms with van der Waals surface area (Å²) in [5.41, 5.74) is 2.08. The van der Waals surface area contributed by atoms with Crippen LogP contribution >= 0.6 is 0 Å². The highest BCUT2D eigenvalue weighted by molar-refractivity contribution is 5.76. The lowest BCUT2D eigenvalue weighted by atomic mass is 9.99. The summed E-state index contributed by atoms with van der Waals surface area (Å²) in [4.78, 5) is 26.2. The van der Waals surface area contributed by atoms with E-state index in [9.17, 15) is 9.59 Å². The fraction of sp³-hybridized carbons (Fsp3) is 0.588. The van der Waals surface area contributed by atoms with E-state index in [1.807, 2.05) is 6.07 Å². The fourth-order valence-corrected chi connectivity index (χ4v) is 2.53. The van der Waals surface area contributed by atoms with Crippen molar-refractivity contribution < 1.29 is 4.79 Å². The van der Waals surface area contributed by atoms with Crippen LogP contribution in [0.4, 0.5) is 0 Å². The smallest absolute Gasteiger partial charge is 0.266 e. The van der Waals surface area contributed by atoms with E-state index in [1.165, 1.54) is 12.8 Å². The monoisotopic (exact) mass is 303 g/mol. The van der Waals surface area contributed by atoms with E-state index in [2.05, 4.69) is 17.2 Å². The maximum absolute atomic E-state index is 11.8. The van der Waals surface area contributed by atoms with E-state index in [0.717, 1.165) is 24.1 Å². The molecule has 0 aliphatic rings. The van der Waals surface area contributed by atoms with Gasteiger partial charge in [-0.15, -0.1) is 0 Å². The topological polar surface area (TPSA) is 85.8 Å². The largest absolute Gasteiger partial charge is 0.356 e. The van der Waals surface area contributed by atoms with Crippen molar-refractivity contribution in [3.8, 4) is 6.07 Å². The van der Waals surface area contributed by atoms with Gasteiger partial charge in [-0.2, -0.15) is 5.26 Å². The average molecular weight is 303 g/mol. The number of aryl methyl sites for hydroxylation is 1. The van der Waals surface area contributed by atoms with Crippen molar-refractivity contribution in [1.29, 1.82) is 5.26 Å². The second kappa shape index (κ2) is 9.04. The van der Waals surface area contributed by atoms with E-state index in [0.29, 0.717) is 24.9 Å². The molecule has 1 heterocycles. The van der Waals surface area contributed by atoms with Gasteiger partial charge in [-0.25, -0.2) is 0 Å². The molecule has 1 amide bonds. The van der Waals surface area contributed by atoms with Gasteiger partial charge in [0.15, 0.2) is 0 Å². The van der Waals surface area contributed by atoms with Gasteiger partial charge >= 0.3 is 0 Å². The highest BCUT2D eigenvalue weighted by Gasteiger charge is 2.13. The number of hydrogen-bond acceptors (Lipinski definition) is 3. The SMILES string of the molecule is CCCCCCNC(=O)CCc1c(C)[nH]c(=O)c(C#N)c1C. The first-order valence-electron chi connectivity index (χ1n) is 7.90. The first-order valence-corrected chi connectivity index (χ1v) is 7.90. The van der Waals surface area contributed by atoms with E-state index < -0.39 is 0 Å². The number of nitrogens with zero attached hydrogens (tertiary/aromatic N) is 1. The van der Waals surface area contributed by atoms with Crippen LogP contribution in [0.2, 0.25) is 0 Å². The molecule has 1 aromatic heterocycles. The summed E-state index contributed by atoms with van der Waals surface area (Å²) in [6.45, 7) is 6.43. The van der Waals surface area contributed by atoms with Crippen molar-refractivity contribution in [2.24, 2.45) is 0 Å². The summed E-state index contributed by atoms with van der Waals surface area (Å²) in [6.07, 6.45) is 5.42. The first-order chi connectivity index (χ1) is 10.5. The lowest BCUT2D eigenvalue weighted by molar-refractivity contribution is -0.121. The number of nitrogens with one attached hydrogen (secondary N) is 2. The molecule has 1 aromatic rings. The Bertz CT molecular complexity index is 612. The van der Waals surface area contributed by atoms with Crippen molar-refractivity contribution in [3.63, 3.8) is 0 Å². The number of nitriles is 1. The number of carbonyl (C=O) groups is 1. The molecule has 0 fully saturated rings. The van der Waals surface area contributed by atoms with Crippen LogP contribution in [0.3, 0.4) is 0 Å². The van der Waals surface area contributed by atoms with Crippen LogP contribution in [0, 0.1) is 25.2 Å². The van der Waals surface area contributed by atoms with Crippen LogP contribution in [0.15, 0.2) is 4.79 Å². The zero-order valence-electron chi connectivity index (χ0n) is 13.7. The van der Waals surface area contributed by atoms with Crippen LogP contribution in [0.5, 0.6) is 0 Å². The first kappa shape index (κ1) is 18.0. The summed E-state index contributed by atoms with van der Waals surface area (Å²) < 4.78 is 0. The Balaban J connectivity index is 2.56. The van der Waals surface area contributed by atoms with Gasteiger partial charge in [0, 0.05) is 18.7 Å². The zero-order chi connectivity index (χ0) is 16.5. The average Bonchev–Trinajstić information content (AvgIpc) is 2.46. The molecule has 0 aromatic carbocycles. The number of unbranched alkanes of at least 4 members (excludes halogenated alkanes) is 3. The summed E-state index contributed by atoms with van der Waals surface area (Å²) in [5, 5.41) is 11.9. The molecule has 5 heteroatoms. The molecule has 0 radical (unpaired) electrons. The molecular formula is C17H25N3O2. The van der Waals surface area contributed by atoms with E-state index in [-0.39, 0.29) is 17.0 Å². The molecule has 0 saturated carbocycles. The normalized spacial score (nSPS) is 10.3. The Labute approximate surface area is 131 Å². The van der Waals surface area contributed by atoms with Crippen LogP contribution < -0.4 is 10.9 Å². The highest BCUT2D eigenvalue weighted by Crippen LogP contribution is 2.14. The minimum absolute atomic E-state index is 0.0139. The fourth-order valence-electron chi connectivity index (χ4n) is 2.53. The van der Waals surface area contributed by atoms with Crippen LogP contribution in [0.1, 0.15) is 61.4 Å². The lowest BCUT2D eigenvalue weighted by Crippen LogP contribution is -2.25. The molecule has 0 aliphatic carbocycles. The molecule has 0 unspecified atom stereocenters. The number of aromatic nitrogens is 1. The number of aromatic amines is 1. The Morgan fingerprint density at radius 2 is 2.00 bits per heavy atom. The molecule has 0 bridgehead atoms. The molecule has 5 nitrogen and oxygen atoms in total. The molecule has 0 spiro atoms. The van der Waals surface area contributed by atoms with Crippen LogP contribution in [-0.4, -0.2) is 17.4 Å². The summed E-state index contributed by atoms with van der Waals surface area (Å²) in [7, 11) is 0. The van der Waals surface area contributed by atoms with Gasteiger partial charge in [-0.1, -0.05) is 26.2 Å². The molecule has 2 N–H and O–H groups in total. The number of hydrogen-bond donors (Lipinski definition) is 2. The molecule has 1 rings (SSSR count). The third-order valence-corrected chi connectivity index (χ3v) is 3.87. The van der Waals surface area contributed by atoms with Gasteiger partial charge in [0.1, 0.15) is 11.6 Å². The zero-order valence-corrected chi connectivity index (χ0v) is 13.7. The third-order valence-electron chi connectivity index (χ3n) is 3.87. The van der Waals surface area contributed by atoms with Gasteiger partial charge in [0.2, 0.25) is 5.91 Å². The highest BCUT2D eigenvalue weighted by atomic mass is 16.1. The minimum Gasteiger partial charge on any atom is -0.356 e. The van der Waals surface area contributed by atoms with Gasteiger partial charge in [-0.05, 0) is 37.8 Å². The predicted molar refractivity (Wildman–Crippen MR) is 86.7 cm³/mol. The summed E-state index contributed by atoms with van der Waals surface area (Å²) in [6, 6.07) is 1.93. The Kier molecular flexibility index (Phi) is 7.38. The Morgan fingerprint density at radius 1 is 1.27 bits per heavy atom. The number of carbonyl (C=O) groups excluding carboxylic acids is 1. The van der Waals surface area contributed by atoms with Gasteiger partial charge in [-0.3, -0.25) is 9.59 Å². The minimum atomic E-state index is -0.360. The second-order valence-electron chi connectivity index (χ2n) is 5.58. The second-order valence-corrected chi connectivity index (χ2v) is 5.58. The number of rotatable bonds is 8. The Morgan fingerprint density at radius 3 is 2.64 bits per heavy atom. The molecule has 0 saturated heterocycles. The summed E-state index contributed by atoms with van der Waals surface area (Å²) >= 11 is 0. The quantitative estimate of drug-likeness (QED) is 0.723. The molecule has 0 atom stereocenters. The van der Waals surface area contributed by atoms with E-state index in [4.69, 9.17) is 5.26 Å². The number of H-pyrrole nitrogens is 1. The Hall–Kier alpha value is -2.09. The van der Waals surface area contributed by atoms with Crippen molar-refractivity contribution >= 4 is 5.91 Å². The van der Waals surface area contributed by atoms with Crippen LogP contribution in [-0.2, 0) is 11.2 Å². The molecule has 120 valence electrons. The molecular weight excluding hydrogens is 278 g/mol. The predicted octanol–water partition coefficient (Wildman–Crippen LogP) is 2.49. The maximum atomic E-state index is 11.8. The van der Waals surface area contributed by atoms with Gasteiger partial charge < -0.3 is 10.3 Å². The van der Waals surface area contributed by atoms with E-state index in [1.54, 1.807) is 13.8 Å². The molecule has 22 heavy (non-hydrogen) atoms. The summed E-state index contributed by atoms with van der Waals surface area (Å²) in [5.74, 6) is 0.0139. The van der Waals surface area contributed by atoms with Gasteiger partial charge in [0.25, 0.3) is 5.56 Å². The number of pyridine rings is 1. The van der Waals surface area contributed by atoms with Crippen molar-refractivity contribution in [2.75, 3.05) is 6.54 Å². The standard InChI is InChI=1S/C17H25N3O2/c1-4-5-6-7-10-19-16(21)9-8-14-12(2)15(11-18)17(22)20-13(14)3/h4-10H2,1-3H3,(H,19,21)(H,20,22). The van der Waals surface area contributed by atoms with Gasteiger partial charge in [0.05, 0.1) is 0 Å². The number of amides is 1. The van der Waals surface area contributed by atoms with Crippen LogP contribution in [0.25, 0.3) is 0 Å².